The first-order valence-electron chi connectivity index (χ1n) is 5.36. The Hall–Kier alpha value is 0.0600. The second-order valence-corrected chi connectivity index (χ2v) is 5.69. The van der Waals surface area contributed by atoms with E-state index in [2.05, 4.69) is 46.0 Å². The number of rotatable bonds is 6. The fourth-order valence-corrected chi connectivity index (χ4v) is 2.63. The molecule has 1 unspecified atom stereocenters. The Bertz CT molecular complexity index is 338. The van der Waals surface area contributed by atoms with Crippen LogP contribution in [0.4, 0.5) is 0 Å². The summed E-state index contributed by atoms with van der Waals surface area (Å²) in [6.45, 7) is 4.27. The summed E-state index contributed by atoms with van der Waals surface area (Å²) in [5.74, 6) is 0.499. The van der Waals surface area contributed by atoms with E-state index in [0.717, 1.165) is 17.8 Å². The zero-order chi connectivity index (χ0) is 12.0. The van der Waals surface area contributed by atoms with Crippen LogP contribution in [0.1, 0.15) is 24.0 Å². The topological polar surface area (TPSA) is 22.1 Å². The average Bonchev–Trinajstić information content (AvgIpc) is 2.65. The number of thiazole rings is 1. The van der Waals surface area contributed by atoms with Crippen LogP contribution >= 0.6 is 33.9 Å². The summed E-state index contributed by atoms with van der Waals surface area (Å²) >= 11 is 3.96. The smallest absolute Gasteiger partial charge is 0.0897 e. The van der Waals surface area contributed by atoms with E-state index in [0.29, 0.717) is 5.92 Å². The van der Waals surface area contributed by atoms with Gasteiger partial charge in [-0.2, -0.15) is 0 Å². The van der Waals surface area contributed by atoms with Gasteiger partial charge in [-0.05, 0) is 29.8 Å². The Kier molecular flexibility index (Phi) is 6.53. The summed E-state index contributed by atoms with van der Waals surface area (Å²) in [7, 11) is 1.79. The minimum Gasteiger partial charge on any atom is -0.381 e. The number of halogens is 1. The Morgan fingerprint density at radius 2 is 2.38 bits per heavy atom. The maximum atomic E-state index is 5.51. The Labute approximate surface area is 115 Å². The highest BCUT2D eigenvalue weighted by Crippen LogP contribution is 2.19. The molecule has 90 valence electrons. The highest BCUT2D eigenvalue weighted by molar-refractivity contribution is 14.1. The van der Waals surface area contributed by atoms with E-state index in [4.69, 9.17) is 4.74 Å². The summed E-state index contributed by atoms with van der Waals surface area (Å²) in [5.41, 5.74) is 1.19. The first-order valence-corrected chi connectivity index (χ1v) is 7.49. The van der Waals surface area contributed by atoms with Crippen LogP contribution in [0.2, 0.25) is 0 Å². The molecule has 0 saturated heterocycles. The second-order valence-electron chi connectivity index (χ2n) is 3.91. The Morgan fingerprint density at radius 3 is 2.88 bits per heavy atom. The van der Waals surface area contributed by atoms with Gasteiger partial charge in [0.05, 0.1) is 16.8 Å². The third kappa shape index (κ3) is 4.51. The van der Waals surface area contributed by atoms with Gasteiger partial charge in [0, 0.05) is 12.5 Å². The molecule has 0 radical (unpaired) electrons. The molecular weight excluding hydrogens is 333 g/mol. The van der Waals surface area contributed by atoms with Gasteiger partial charge >= 0.3 is 0 Å². The molecule has 0 saturated carbocycles. The van der Waals surface area contributed by atoms with E-state index in [1.54, 1.807) is 18.4 Å². The van der Waals surface area contributed by atoms with Crippen molar-refractivity contribution in [3.8, 4) is 0 Å². The zero-order valence-corrected chi connectivity index (χ0v) is 12.9. The van der Waals surface area contributed by atoms with Gasteiger partial charge in [0.1, 0.15) is 0 Å². The van der Waals surface area contributed by atoms with Crippen LogP contribution in [0.25, 0.3) is 0 Å². The van der Waals surface area contributed by atoms with Gasteiger partial charge < -0.3 is 4.74 Å². The van der Waals surface area contributed by atoms with Crippen molar-refractivity contribution in [2.75, 3.05) is 7.11 Å². The Morgan fingerprint density at radius 1 is 1.62 bits per heavy atom. The fourth-order valence-electron chi connectivity index (χ4n) is 1.71. The molecule has 0 aliphatic heterocycles. The lowest BCUT2D eigenvalue weighted by atomic mass is 9.97. The summed E-state index contributed by atoms with van der Waals surface area (Å²) < 4.78 is 7.56. The maximum Gasteiger partial charge on any atom is 0.0897 e. The van der Waals surface area contributed by atoms with E-state index >= 15 is 0 Å². The van der Waals surface area contributed by atoms with Crippen molar-refractivity contribution in [1.82, 2.24) is 4.98 Å². The molecule has 1 aromatic heterocycles. The first kappa shape index (κ1) is 14.1. The number of aromatic nitrogens is 1. The summed E-state index contributed by atoms with van der Waals surface area (Å²) in [6.07, 6.45) is 4.41. The normalized spacial score (nSPS) is 15.5. The minimum absolute atomic E-state index is 0.285. The molecule has 1 heterocycles. The van der Waals surface area contributed by atoms with Crippen molar-refractivity contribution < 1.29 is 4.74 Å². The summed E-state index contributed by atoms with van der Waals surface area (Å²) in [4.78, 5) is 4.49. The molecule has 0 spiro atoms. The Balaban J connectivity index is 2.51. The van der Waals surface area contributed by atoms with Crippen LogP contribution in [0.15, 0.2) is 15.5 Å². The quantitative estimate of drug-likeness (QED) is 0.723. The van der Waals surface area contributed by atoms with Gasteiger partial charge in [-0.25, -0.2) is 4.98 Å². The van der Waals surface area contributed by atoms with Crippen LogP contribution in [0.3, 0.4) is 0 Å². The standard InChI is InChI=1S/C12H18INOS/c1-9(12(15-3)5-4-6-13)7-11-8-16-10(2)14-11/h4,6,8-9,12H,5,7H2,1-3H3/b6-4-/t9?,12-/m0/s1. The molecule has 1 rings (SSSR count). The predicted octanol–water partition coefficient (Wildman–Crippen LogP) is 3.98. The van der Waals surface area contributed by atoms with E-state index in [9.17, 15) is 0 Å². The molecule has 2 nitrogen and oxygen atoms in total. The van der Waals surface area contributed by atoms with Gasteiger partial charge in [-0.3, -0.25) is 0 Å². The molecular formula is C12H18INOS. The second kappa shape index (κ2) is 7.40. The third-order valence-electron chi connectivity index (χ3n) is 2.59. The van der Waals surface area contributed by atoms with Crippen LogP contribution in [-0.2, 0) is 11.2 Å². The summed E-state index contributed by atoms with van der Waals surface area (Å²) in [5, 5.41) is 3.29. The van der Waals surface area contributed by atoms with E-state index in [1.165, 1.54) is 5.69 Å². The van der Waals surface area contributed by atoms with Crippen molar-refractivity contribution >= 4 is 33.9 Å². The van der Waals surface area contributed by atoms with Crippen LogP contribution in [0, 0.1) is 12.8 Å². The van der Waals surface area contributed by atoms with Crippen molar-refractivity contribution in [1.29, 1.82) is 0 Å². The van der Waals surface area contributed by atoms with Crippen molar-refractivity contribution in [3.63, 3.8) is 0 Å². The number of nitrogens with zero attached hydrogens (tertiary/aromatic N) is 1. The van der Waals surface area contributed by atoms with E-state index < -0.39 is 0 Å². The lowest BCUT2D eigenvalue weighted by Gasteiger charge is -2.20. The minimum atomic E-state index is 0.285. The molecule has 0 aliphatic carbocycles. The van der Waals surface area contributed by atoms with Crippen LogP contribution in [-0.4, -0.2) is 18.2 Å². The van der Waals surface area contributed by atoms with Gasteiger partial charge in [-0.15, -0.1) is 11.3 Å². The number of methoxy groups -OCH3 is 1. The average molecular weight is 351 g/mol. The van der Waals surface area contributed by atoms with Crippen LogP contribution < -0.4 is 0 Å². The van der Waals surface area contributed by atoms with Gasteiger partial charge in [0.25, 0.3) is 0 Å². The highest BCUT2D eigenvalue weighted by Gasteiger charge is 2.16. The predicted molar refractivity (Wildman–Crippen MR) is 78.3 cm³/mol. The van der Waals surface area contributed by atoms with Crippen molar-refractivity contribution in [2.45, 2.75) is 32.8 Å². The highest BCUT2D eigenvalue weighted by atomic mass is 127. The van der Waals surface area contributed by atoms with Crippen molar-refractivity contribution in [2.24, 2.45) is 5.92 Å². The van der Waals surface area contributed by atoms with E-state index in [-0.39, 0.29) is 6.10 Å². The monoisotopic (exact) mass is 351 g/mol. The number of hydrogen-bond donors (Lipinski definition) is 0. The molecule has 0 aromatic carbocycles. The SMILES string of the molecule is CO[C@@H](C/C=C\I)C(C)Cc1csc(C)n1. The largest absolute Gasteiger partial charge is 0.381 e. The van der Waals surface area contributed by atoms with Gasteiger partial charge in [-0.1, -0.05) is 35.6 Å². The van der Waals surface area contributed by atoms with Crippen LogP contribution in [0.5, 0.6) is 0 Å². The maximum absolute atomic E-state index is 5.51. The molecule has 0 aliphatic rings. The van der Waals surface area contributed by atoms with Crippen molar-refractivity contribution in [3.05, 3.63) is 26.2 Å². The third-order valence-corrected chi connectivity index (χ3v) is 3.92. The summed E-state index contributed by atoms with van der Waals surface area (Å²) in [6, 6.07) is 0. The van der Waals surface area contributed by atoms with E-state index in [1.807, 2.05) is 11.0 Å². The molecule has 2 atom stereocenters. The molecule has 0 bridgehead atoms. The number of aryl methyl sites for hydroxylation is 1. The van der Waals surface area contributed by atoms with Gasteiger partial charge in [0.15, 0.2) is 0 Å². The zero-order valence-electron chi connectivity index (χ0n) is 9.94. The fraction of sp³-hybridized carbons (Fsp3) is 0.583. The molecule has 0 N–H and O–H groups in total. The number of hydrogen-bond acceptors (Lipinski definition) is 3. The first-order chi connectivity index (χ1) is 7.67. The molecule has 0 amide bonds. The molecule has 4 heteroatoms. The van der Waals surface area contributed by atoms with Gasteiger partial charge in [0.2, 0.25) is 0 Å². The number of ether oxygens (including phenoxy) is 1. The molecule has 16 heavy (non-hydrogen) atoms. The lowest BCUT2D eigenvalue weighted by Crippen LogP contribution is -2.21. The molecule has 0 fully saturated rings. The lowest BCUT2D eigenvalue weighted by molar-refractivity contribution is 0.0608. The molecule has 1 aromatic rings.